The molecule has 10 aromatic rings. The number of hydrogen-bond acceptors (Lipinski definition) is 3. The second-order valence-corrected chi connectivity index (χ2v) is 13.6. The molecule has 0 radical (unpaired) electrons. The van der Waals surface area contributed by atoms with E-state index in [9.17, 15) is 0 Å². The van der Waals surface area contributed by atoms with Crippen LogP contribution in [-0.4, -0.2) is 0 Å². The van der Waals surface area contributed by atoms with Crippen LogP contribution < -0.4 is 4.90 Å². The Hall–Kier alpha value is -6.16. The summed E-state index contributed by atoms with van der Waals surface area (Å²) < 4.78 is 8.99. The Bertz CT molecular complexity index is 2830. The van der Waals surface area contributed by atoms with Crippen LogP contribution in [-0.2, 0) is 0 Å². The number of para-hydroxylation sites is 1. The van der Waals surface area contributed by atoms with Gasteiger partial charge in [0.05, 0.1) is 5.69 Å². The molecule has 0 saturated heterocycles. The van der Waals surface area contributed by atoms with E-state index in [1.807, 2.05) is 23.5 Å². The van der Waals surface area contributed by atoms with Crippen molar-refractivity contribution < 1.29 is 4.42 Å². The lowest BCUT2D eigenvalue weighted by molar-refractivity contribution is 0.669. The molecule has 0 saturated carbocycles. The number of fused-ring (bicyclic) bond motifs is 7. The van der Waals surface area contributed by atoms with Crippen molar-refractivity contribution in [3.63, 3.8) is 0 Å². The Morgan fingerprint density at radius 3 is 2.00 bits per heavy atom. The van der Waals surface area contributed by atoms with Gasteiger partial charge in [-0.25, -0.2) is 0 Å². The quantitative estimate of drug-likeness (QED) is 0.186. The highest BCUT2D eigenvalue weighted by Crippen LogP contribution is 2.49. The van der Waals surface area contributed by atoms with Crippen molar-refractivity contribution in [1.82, 2.24) is 0 Å². The summed E-state index contributed by atoms with van der Waals surface area (Å²) in [4.78, 5) is 2.40. The van der Waals surface area contributed by atoms with Crippen molar-refractivity contribution in [2.45, 2.75) is 0 Å². The van der Waals surface area contributed by atoms with E-state index in [2.05, 4.69) is 169 Å². The van der Waals surface area contributed by atoms with Crippen molar-refractivity contribution in [3.8, 4) is 22.3 Å². The summed E-state index contributed by atoms with van der Waals surface area (Å²) >= 11 is 1.87. The van der Waals surface area contributed by atoms with E-state index in [0.717, 1.165) is 39.0 Å². The largest absolute Gasteiger partial charge is 0.456 e. The van der Waals surface area contributed by atoms with Gasteiger partial charge in [0.15, 0.2) is 0 Å². The van der Waals surface area contributed by atoms with Gasteiger partial charge in [-0.2, -0.15) is 0 Å². The monoisotopic (exact) mass is 643 g/mol. The summed E-state index contributed by atoms with van der Waals surface area (Å²) in [5.74, 6) is 0. The van der Waals surface area contributed by atoms with Gasteiger partial charge in [0.2, 0.25) is 0 Å². The molecule has 2 aromatic heterocycles. The van der Waals surface area contributed by atoms with E-state index in [-0.39, 0.29) is 0 Å². The summed E-state index contributed by atoms with van der Waals surface area (Å²) in [6.07, 6.45) is 0. The molecule has 2 heterocycles. The highest BCUT2D eigenvalue weighted by molar-refractivity contribution is 7.26. The van der Waals surface area contributed by atoms with E-state index in [0.29, 0.717) is 0 Å². The second kappa shape index (κ2) is 11.2. The van der Waals surface area contributed by atoms with Crippen molar-refractivity contribution in [1.29, 1.82) is 0 Å². The smallest absolute Gasteiger partial charge is 0.137 e. The average molecular weight is 644 g/mol. The topological polar surface area (TPSA) is 16.4 Å². The van der Waals surface area contributed by atoms with Gasteiger partial charge in [0, 0.05) is 48.4 Å². The molecule has 3 heteroatoms. The van der Waals surface area contributed by atoms with E-state index in [4.69, 9.17) is 4.42 Å². The first-order valence-electron chi connectivity index (χ1n) is 16.6. The molecule has 0 N–H and O–H groups in total. The maximum Gasteiger partial charge on any atom is 0.137 e. The highest BCUT2D eigenvalue weighted by atomic mass is 32.1. The summed E-state index contributed by atoms with van der Waals surface area (Å²) in [5.41, 5.74) is 9.93. The Balaban J connectivity index is 1.20. The maximum atomic E-state index is 6.42. The minimum absolute atomic E-state index is 0.879. The molecule has 0 amide bonds. The number of benzene rings is 8. The fourth-order valence-corrected chi connectivity index (χ4v) is 8.55. The zero-order valence-electron chi connectivity index (χ0n) is 26.5. The van der Waals surface area contributed by atoms with Crippen LogP contribution in [0.15, 0.2) is 180 Å². The Kier molecular flexibility index (Phi) is 6.39. The van der Waals surface area contributed by atoms with Gasteiger partial charge in [-0.1, -0.05) is 121 Å². The molecule has 10 rings (SSSR count). The zero-order valence-corrected chi connectivity index (χ0v) is 27.3. The summed E-state index contributed by atoms with van der Waals surface area (Å²) in [5, 5.41) is 7.27. The van der Waals surface area contributed by atoms with Gasteiger partial charge in [0.1, 0.15) is 11.2 Å². The molecular weight excluding hydrogens is 615 g/mol. The second-order valence-electron chi connectivity index (χ2n) is 12.5. The third-order valence-electron chi connectivity index (χ3n) is 9.66. The van der Waals surface area contributed by atoms with Crippen molar-refractivity contribution in [2.24, 2.45) is 0 Å². The lowest BCUT2D eigenvalue weighted by Gasteiger charge is -2.27. The van der Waals surface area contributed by atoms with Crippen molar-refractivity contribution in [3.05, 3.63) is 176 Å². The fraction of sp³-hybridized carbons (Fsp3) is 0. The Morgan fingerprint density at radius 1 is 0.429 bits per heavy atom. The maximum absolute atomic E-state index is 6.42. The molecule has 0 atom stereocenters. The third kappa shape index (κ3) is 4.62. The minimum Gasteiger partial charge on any atom is -0.456 e. The first-order valence-corrected chi connectivity index (χ1v) is 17.4. The first kappa shape index (κ1) is 27.9. The van der Waals surface area contributed by atoms with Gasteiger partial charge in [-0.05, 0) is 81.6 Å². The number of nitrogens with zero attached hydrogens (tertiary/aromatic N) is 1. The predicted molar refractivity (Wildman–Crippen MR) is 210 cm³/mol. The van der Waals surface area contributed by atoms with Crippen LogP contribution in [0.4, 0.5) is 17.1 Å². The van der Waals surface area contributed by atoms with Crippen LogP contribution in [0.1, 0.15) is 0 Å². The molecule has 8 aromatic carbocycles. The molecule has 49 heavy (non-hydrogen) atoms. The van der Waals surface area contributed by atoms with Crippen LogP contribution >= 0.6 is 11.3 Å². The minimum atomic E-state index is 0.879. The summed E-state index contributed by atoms with van der Waals surface area (Å²) in [6.45, 7) is 0. The molecule has 0 aliphatic carbocycles. The summed E-state index contributed by atoms with van der Waals surface area (Å²) in [7, 11) is 0. The molecule has 0 fully saturated rings. The van der Waals surface area contributed by atoms with Gasteiger partial charge < -0.3 is 9.32 Å². The molecule has 0 aliphatic heterocycles. The van der Waals surface area contributed by atoms with E-state index >= 15 is 0 Å². The van der Waals surface area contributed by atoms with Gasteiger partial charge in [-0.15, -0.1) is 11.3 Å². The average Bonchev–Trinajstić information content (AvgIpc) is 3.74. The number of furan rings is 1. The molecule has 2 nitrogen and oxygen atoms in total. The van der Waals surface area contributed by atoms with E-state index in [1.165, 1.54) is 53.2 Å². The molecular formula is C46H29NOS. The number of hydrogen-bond donors (Lipinski definition) is 0. The van der Waals surface area contributed by atoms with Gasteiger partial charge in [0.25, 0.3) is 0 Å². The number of anilines is 3. The van der Waals surface area contributed by atoms with Crippen LogP contribution in [0.25, 0.3) is 75.1 Å². The number of rotatable bonds is 5. The number of thiophene rings is 1. The van der Waals surface area contributed by atoms with Gasteiger partial charge >= 0.3 is 0 Å². The van der Waals surface area contributed by atoms with Crippen LogP contribution in [0.5, 0.6) is 0 Å². The van der Waals surface area contributed by atoms with Crippen molar-refractivity contribution in [2.75, 3.05) is 4.90 Å². The third-order valence-corrected chi connectivity index (χ3v) is 10.9. The predicted octanol–water partition coefficient (Wildman–Crippen LogP) is 13.9. The summed E-state index contributed by atoms with van der Waals surface area (Å²) in [6, 6.07) is 63.2. The van der Waals surface area contributed by atoms with Crippen LogP contribution in [0, 0.1) is 0 Å². The fourth-order valence-electron chi connectivity index (χ4n) is 7.29. The molecule has 0 bridgehead atoms. The van der Waals surface area contributed by atoms with E-state index in [1.54, 1.807) is 0 Å². The van der Waals surface area contributed by atoms with Crippen LogP contribution in [0.3, 0.4) is 0 Å². The Morgan fingerprint density at radius 2 is 1.12 bits per heavy atom. The van der Waals surface area contributed by atoms with E-state index < -0.39 is 0 Å². The lowest BCUT2D eigenvalue weighted by Crippen LogP contribution is -2.10. The van der Waals surface area contributed by atoms with Gasteiger partial charge in [-0.3, -0.25) is 0 Å². The zero-order chi connectivity index (χ0) is 32.3. The highest BCUT2D eigenvalue weighted by Gasteiger charge is 2.22. The SMILES string of the molecule is c1ccc(-c2ccc(N(c3ccc(-c4ccc5ccccc5c4)cc3)c3ccc4c(c3)oc3ccccc34)c3c2sc2ccccc23)cc1. The molecule has 0 unspecified atom stereocenters. The first-order chi connectivity index (χ1) is 24.3. The molecule has 0 spiro atoms. The lowest BCUT2D eigenvalue weighted by atomic mass is 9.99. The standard InChI is InChI=1S/C46H29NOS/c1-2-11-32(12-3-1)37-26-27-41(45-40-15-7-9-17-44(40)49-46(37)45)47(36-24-25-39-38-14-6-8-16-42(38)48-43(39)29-36)35-22-20-31(21-23-35)34-19-18-30-10-4-5-13-33(30)28-34/h1-29H. The van der Waals surface area contributed by atoms with Crippen LogP contribution in [0.2, 0.25) is 0 Å². The molecule has 230 valence electrons. The van der Waals surface area contributed by atoms with Crippen molar-refractivity contribution >= 4 is 81.3 Å². The Labute approximate surface area is 287 Å². The molecule has 0 aliphatic rings. The normalized spacial score (nSPS) is 11.7.